The van der Waals surface area contributed by atoms with E-state index in [0.717, 1.165) is 35.3 Å². The van der Waals surface area contributed by atoms with Gasteiger partial charge in [-0.2, -0.15) is 5.10 Å². The van der Waals surface area contributed by atoms with Gasteiger partial charge in [-0.05, 0) is 57.5 Å². The summed E-state index contributed by atoms with van der Waals surface area (Å²) < 4.78 is 7.45. The van der Waals surface area contributed by atoms with Gasteiger partial charge in [0, 0.05) is 24.5 Å². The zero-order chi connectivity index (χ0) is 19.2. The number of nitrogens with zero attached hydrogens (tertiary/aromatic N) is 3. The molecule has 3 aromatic rings. The van der Waals surface area contributed by atoms with Crippen LogP contribution >= 0.6 is 24.0 Å². The summed E-state index contributed by atoms with van der Waals surface area (Å²) in [6.07, 6.45) is 3.72. The average molecular weight is 493 g/mol. The number of benzene rings is 1. The SMILES string of the molecule is CCNC(=NCc1cc(C)oc1C)NC(C)c1cccc(-n2cccn2)c1.I. The predicted molar refractivity (Wildman–Crippen MR) is 124 cm³/mol. The van der Waals surface area contributed by atoms with Gasteiger partial charge in [0.05, 0.1) is 18.3 Å². The number of halogens is 1. The smallest absolute Gasteiger partial charge is 0.192 e. The zero-order valence-corrected chi connectivity index (χ0v) is 19.1. The fourth-order valence-corrected chi connectivity index (χ4v) is 2.97. The maximum Gasteiger partial charge on any atom is 0.192 e. The topological polar surface area (TPSA) is 67.4 Å². The Morgan fingerprint density at radius 3 is 2.71 bits per heavy atom. The first-order chi connectivity index (χ1) is 13.1. The number of aryl methyl sites for hydroxylation is 2. The maximum absolute atomic E-state index is 5.59. The molecule has 0 aliphatic rings. The highest BCUT2D eigenvalue weighted by Gasteiger charge is 2.10. The highest BCUT2D eigenvalue weighted by molar-refractivity contribution is 14.0. The summed E-state index contributed by atoms with van der Waals surface area (Å²) in [6, 6.07) is 12.4. The Labute approximate surface area is 183 Å². The van der Waals surface area contributed by atoms with Crippen LogP contribution < -0.4 is 10.6 Å². The van der Waals surface area contributed by atoms with Crippen LogP contribution in [0.1, 0.15) is 42.5 Å². The highest BCUT2D eigenvalue weighted by atomic mass is 127. The summed E-state index contributed by atoms with van der Waals surface area (Å²) in [5.41, 5.74) is 3.32. The molecule has 1 unspecified atom stereocenters. The molecular weight excluding hydrogens is 465 g/mol. The monoisotopic (exact) mass is 493 g/mol. The minimum absolute atomic E-state index is 0. The lowest BCUT2D eigenvalue weighted by Crippen LogP contribution is -2.38. The fourth-order valence-electron chi connectivity index (χ4n) is 2.97. The van der Waals surface area contributed by atoms with Crippen molar-refractivity contribution >= 4 is 29.9 Å². The van der Waals surface area contributed by atoms with E-state index in [-0.39, 0.29) is 30.0 Å². The van der Waals surface area contributed by atoms with E-state index in [2.05, 4.69) is 41.7 Å². The molecule has 0 aliphatic heterocycles. The van der Waals surface area contributed by atoms with E-state index >= 15 is 0 Å². The quantitative estimate of drug-likeness (QED) is 0.301. The number of rotatable bonds is 6. The highest BCUT2D eigenvalue weighted by Crippen LogP contribution is 2.17. The van der Waals surface area contributed by atoms with Crippen LogP contribution in [0, 0.1) is 13.8 Å². The molecule has 2 heterocycles. The molecule has 7 heteroatoms. The first-order valence-electron chi connectivity index (χ1n) is 9.27. The molecule has 150 valence electrons. The van der Waals surface area contributed by atoms with E-state index in [1.165, 1.54) is 5.56 Å². The number of aromatic nitrogens is 2. The van der Waals surface area contributed by atoms with Crippen molar-refractivity contribution in [2.45, 2.75) is 40.3 Å². The second-order valence-electron chi connectivity index (χ2n) is 6.55. The second kappa shape index (κ2) is 10.3. The van der Waals surface area contributed by atoms with Gasteiger partial charge in [0.1, 0.15) is 11.5 Å². The van der Waals surface area contributed by atoms with Crippen molar-refractivity contribution in [1.29, 1.82) is 0 Å². The Morgan fingerprint density at radius 2 is 2.07 bits per heavy atom. The lowest BCUT2D eigenvalue weighted by atomic mass is 10.1. The third-order valence-corrected chi connectivity index (χ3v) is 4.39. The molecule has 0 fully saturated rings. The Morgan fingerprint density at radius 1 is 1.25 bits per heavy atom. The van der Waals surface area contributed by atoms with Crippen LogP contribution in [0.5, 0.6) is 0 Å². The molecule has 0 aliphatic carbocycles. The van der Waals surface area contributed by atoms with E-state index in [9.17, 15) is 0 Å². The van der Waals surface area contributed by atoms with Crippen LogP contribution in [0.25, 0.3) is 5.69 Å². The molecular formula is C21H28IN5O. The fraction of sp³-hybridized carbons (Fsp3) is 0.333. The molecule has 3 rings (SSSR count). The van der Waals surface area contributed by atoms with Gasteiger partial charge in [-0.25, -0.2) is 9.67 Å². The average Bonchev–Trinajstić information content (AvgIpc) is 3.29. The van der Waals surface area contributed by atoms with E-state index in [1.54, 1.807) is 6.20 Å². The van der Waals surface area contributed by atoms with Crippen molar-refractivity contribution in [2.24, 2.45) is 4.99 Å². The largest absolute Gasteiger partial charge is 0.466 e. The van der Waals surface area contributed by atoms with Gasteiger partial charge in [0.15, 0.2) is 5.96 Å². The molecule has 0 bridgehead atoms. The van der Waals surface area contributed by atoms with Crippen LogP contribution in [0.3, 0.4) is 0 Å². The molecule has 0 saturated carbocycles. The van der Waals surface area contributed by atoms with Crippen molar-refractivity contribution in [2.75, 3.05) is 6.54 Å². The molecule has 6 nitrogen and oxygen atoms in total. The summed E-state index contributed by atoms with van der Waals surface area (Å²) in [7, 11) is 0. The van der Waals surface area contributed by atoms with Crippen LogP contribution in [-0.4, -0.2) is 22.3 Å². The van der Waals surface area contributed by atoms with Crippen molar-refractivity contribution in [3.63, 3.8) is 0 Å². The van der Waals surface area contributed by atoms with Crippen LogP contribution in [-0.2, 0) is 6.54 Å². The van der Waals surface area contributed by atoms with Gasteiger partial charge in [0.2, 0.25) is 0 Å². The summed E-state index contributed by atoms with van der Waals surface area (Å²) in [5, 5.41) is 11.1. The molecule has 1 aromatic carbocycles. The van der Waals surface area contributed by atoms with Gasteiger partial charge in [0.25, 0.3) is 0 Å². The summed E-state index contributed by atoms with van der Waals surface area (Å²) in [5.74, 6) is 2.62. The summed E-state index contributed by atoms with van der Waals surface area (Å²) >= 11 is 0. The van der Waals surface area contributed by atoms with Gasteiger partial charge < -0.3 is 15.1 Å². The third kappa shape index (κ3) is 5.60. The van der Waals surface area contributed by atoms with Crippen LogP contribution in [0.15, 0.2) is 58.2 Å². The van der Waals surface area contributed by atoms with E-state index in [4.69, 9.17) is 9.41 Å². The van der Waals surface area contributed by atoms with Crippen molar-refractivity contribution in [3.8, 4) is 5.69 Å². The van der Waals surface area contributed by atoms with Crippen molar-refractivity contribution < 1.29 is 4.42 Å². The third-order valence-electron chi connectivity index (χ3n) is 4.39. The molecule has 2 aromatic heterocycles. The Balaban J connectivity index is 0.00000280. The Bertz CT molecular complexity index is 901. The van der Waals surface area contributed by atoms with E-state index in [0.29, 0.717) is 6.54 Å². The summed E-state index contributed by atoms with van der Waals surface area (Å²) in [6.45, 7) is 9.50. The van der Waals surface area contributed by atoms with Gasteiger partial charge in [-0.15, -0.1) is 24.0 Å². The van der Waals surface area contributed by atoms with E-state index < -0.39 is 0 Å². The minimum atomic E-state index is 0. The van der Waals surface area contributed by atoms with Gasteiger partial charge in [-0.3, -0.25) is 0 Å². The molecule has 0 spiro atoms. The molecule has 1 atom stereocenters. The van der Waals surface area contributed by atoms with Crippen LogP contribution in [0.4, 0.5) is 0 Å². The molecule has 0 saturated heterocycles. The first-order valence-corrected chi connectivity index (χ1v) is 9.27. The number of aliphatic imine (C=N–C) groups is 1. The lowest BCUT2D eigenvalue weighted by Gasteiger charge is -2.19. The molecule has 0 radical (unpaired) electrons. The molecule has 28 heavy (non-hydrogen) atoms. The van der Waals surface area contributed by atoms with E-state index in [1.807, 2.05) is 49.0 Å². The number of furan rings is 1. The Hall–Kier alpha value is -2.29. The minimum Gasteiger partial charge on any atom is -0.466 e. The summed E-state index contributed by atoms with van der Waals surface area (Å²) in [4.78, 5) is 4.71. The number of hydrogen-bond donors (Lipinski definition) is 2. The van der Waals surface area contributed by atoms with Gasteiger partial charge >= 0.3 is 0 Å². The predicted octanol–water partition coefficient (Wildman–Crippen LogP) is 4.52. The number of nitrogens with one attached hydrogen (secondary N) is 2. The number of guanidine groups is 1. The second-order valence-corrected chi connectivity index (χ2v) is 6.55. The Kier molecular flexibility index (Phi) is 8.10. The number of hydrogen-bond acceptors (Lipinski definition) is 3. The lowest BCUT2D eigenvalue weighted by molar-refractivity contribution is 0.501. The van der Waals surface area contributed by atoms with Crippen molar-refractivity contribution in [1.82, 2.24) is 20.4 Å². The standard InChI is InChI=1S/C21H27N5O.HI/c1-5-22-21(23-14-19-12-15(2)27-17(19)4)25-16(3)18-8-6-9-20(13-18)26-11-7-10-24-26;/h6-13,16H,5,14H2,1-4H3,(H2,22,23,25);1H. The van der Waals surface area contributed by atoms with Crippen molar-refractivity contribution in [3.05, 3.63) is 71.4 Å². The molecule has 2 N–H and O–H groups in total. The first kappa shape index (κ1) is 22.0. The van der Waals surface area contributed by atoms with Crippen LogP contribution in [0.2, 0.25) is 0 Å². The normalized spacial score (nSPS) is 12.4. The maximum atomic E-state index is 5.59. The molecule has 0 amide bonds. The van der Waals surface area contributed by atoms with Gasteiger partial charge in [-0.1, -0.05) is 12.1 Å². The zero-order valence-electron chi connectivity index (χ0n) is 16.8.